The third kappa shape index (κ3) is 4.23. The lowest BCUT2D eigenvalue weighted by Crippen LogP contribution is -2.09. The van der Waals surface area contributed by atoms with Crippen LogP contribution in [0.5, 0.6) is 11.5 Å². The van der Waals surface area contributed by atoms with Gasteiger partial charge in [0.2, 0.25) is 0 Å². The van der Waals surface area contributed by atoms with E-state index in [1.807, 2.05) is 60.7 Å². The van der Waals surface area contributed by atoms with Gasteiger partial charge in [-0.15, -0.1) is 0 Å². The van der Waals surface area contributed by atoms with Crippen LogP contribution in [-0.4, -0.2) is 19.0 Å². The smallest absolute Gasteiger partial charge is 0.193 e. The quantitative estimate of drug-likeness (QED) is 0.479. The Bertz CT molecular complexity index is 765. The largest absolute Gasteiger partial charge is 0.490 e. The Morgan fingerprint density at radius 2 is 1.04 bits per heavy atom. The lowest BCUT2D eigenvalue weighted by Gasteiger charge is -2.09. The molecule has 0 heterocycles. The summed E-state index contributed by atoms with van der Waals surface area (Å²) in [5, 5.41) is 0. The maximum Gasteiger partial charge on any atom is 0.193 e. The molecule has 3 aromatic rings. The average molecular weight is 318 g/mol. The molecule has 0 radical (unpaired) electrons. The summed E-state index contributed by atoms with van der Waals surface area (Å²) in [7, 11) is 0. The van der Waals surface area contributed by atoms with Crippen molar-refractivity contribution in [2.24, 2.45) is 0 Å². The molecule has 0 aliphatic carbocycles. The number of ether oxygens (including phenoxy) is 2. The Morgan fingerprint density at radius 3 is 1.62 bits per heavy atom. The first-order valence-electron chi connectivity index (χ1n) is 7.83. The van der Waals surface area contributed by atoms with E-state index < -0.39 is 0 Å². The molecule has 0 saturated heterocycles. The van der Waals surface area contributed by atoms with Gasteiger partial charge in [0.15, 0.2) is 5.78 Å². The zero-order valence-electron chi connectivity index (χ0n) is 13.2. The molecule has 0 unspecified atom stereocenters. The third-order valence-corrected chi connectivity index (χ3v) is 3.52. The minimum atomic E-state index is 0.00885. The van der Waals surface area contributed by atoms with Crippen LogP contribution in [0.1, 0.15) is 15.9 Å². The monoisotopic (exact) mass is 318 g/mol. The van der Waals surface area contributed by atoms with E-state index in [-0.39, 0.29) is 5.78 Å². The summed E-state index contributed by atoms with van der Waals surface area (Å²) in [6.45, 7) is 0.912. The fraction of sp³-hybridized carbons (Fsp3) is 0.0952. The van der Waals surface area contributed by atoms with Gasteiger partial charge in [0.1, 0.15) is 24.7 Å². The second-order valence-corrected chi connectivity index (χ2v) is 5.23. The molecule has 3 rings (SSSR count). The number of benzene rings is 3. The Balaban J connectivity index is 1.50. The molecule has 3 aromatic carbocycles. The Labute approximate surface area is 141 Å². The number of hydrogen-bond donors (Lipinski definition) is 0. The first-order valence-corrected chi connectivity index (χ1v) is 7.83. The molecule has 0 bridgehead atoms. The van der Waals surface area contributed by atoms with Crippen molar-refractivity contribution in [3.63, 3.8) is 0 Å². The van der Waals surface area contributed by atoms with Crippen molar-refractivity contribution in [3.05, 3.63) is 96.1 Å². The first-order chi connectivity index (χ1) is 11.8. The summed E-state index contributed by atoms with van der Waals surface area (Å²) in [5.74, 6) is 1.55. The van der Waals surface area contributed by atoms with Crippen molar-refractivity contribution in [1.29, 1.82) is 0 Å². The zero-order chi connectivity index (χ0) is 16.6. The van der Waals surface area contributed by atoms with E-state index in [1.54, 1.807) is 24.3 Å². The molecule has 0 aromatic heterocycles. The van der Waals surface area contributed by atoms with Gasteiger partial charge < -0.3 is 9.47 Å². The van der Waals surface area contributed by atoms with Gasteiger partial charge in [-0.2, -0.15) is 0 Å². The molecule has 0 spiro atoms. The summed E-state index contributed by atoms with van der Waals surface area (Å²) in [6.07, 6.45) is 0. The van der Waals surface area contributed by atoms with Crippen LogP contribution >= 0.6 is 0 Å². The molecular weight excluding hydrogens is 300 g/mol. The maximum absolute atomic E-state index is 12.3. The van der Waals surface area contributed by atoms with Crippen LogP contribution in [0.2, 0.25) is 0 Å². The Hall–Kier alpha value is -3.07. The number of para-hydroxylation sites is 1. The summed E-state index contributed by atoms with van der Waals surface area (Å²) in [5.41, 5.74) is 1.33. The topological polar surface area (TPSA) is 35.5 Å². The molecule has 24 heavy (non-hydrogen) atoms. The van der Waals surface area contributed by atoms with Gasteiger partial charge in [0.25, 0.3) is 0 Å². The first kappa shape index (κ1) is 15.8. The number of rotatable bonds is 7. The van der Waals surface area contributed by atoms with Crippen molar-refractivity contribution >= 4 is 5.78 Å². The predicted molar refractivity (Wildman–Crippen MR) is 93.7 cm³/mol. The average Bonchev–Trinajstić information content (AvgIpc) is 2.67. The van der Waals surface area contributed by atoms with Crippen LogP contribution in [0.4, 0.5) is 0 Å². The van der Waals surface area contributed by atoms with E-state index in [2.05, 4.69) is 0 Å². The fourth-order valence-electron chi connectivity index (χ4n) is 2.29. The molecular formula is C21H18O3. The molecule has 0 fully saturated rings. The molecule has 0 amide bonds. The highest BCUT2D eigenvalue weighted by Gasteiger charge is 2.08. The van der Waals surface area contributed by atoms with Crippen LogP contribution in [0.15, 0.2) is 84.9 Å². The molecule has 120 valence electrons. The number of hydrogen-bond acceptors (Lipinski definition) is 3. The van der Waals surface area contributed by atoms with Gasteiger partial charge in [-0.1, -0.05) is 48.5 Å². The lowest BCUT2D eigenvalue weighted by atomic mass is 10.0. The molecule has 3 nitrogen and oxygen atoms in total. The van der Waals surface area contributed by atoms with Gasteiger partial charge in [-0.05, 0) is 36.4 Å². The second-order valence-electron chi connectivity index (χ2n) is 5.23. The Morgan fingerprint density at radius 1 is 0.583 bits per heavy atom. The lowest BCUT2D eigenvalue weighted by molar-refractivity contribution is 0.103. The van der Waals surface area contributed by atoms with Crippen LogP contribution in [0.25, 0.3) is 0 Å². The van der Waals surface area contributed by atoms with Crippen molar-refractivity contribution < 1.29 is 14.3 Å². The summed E-state index contributed by atoms with van der Waals surface area (Å²) >= 11 is 0. The van der Waals surface area contributed by atoms with Crippen molar-refractivity contribution in [2.45, 2.75) is 0 Å². The summed E-state index contributed by atoms with van der Waals surface area (Å²) in [6, 6.07) is 26.0. The normalized spacial score (nSPS) is 10.2. The van der Waals surface area contributed by atoms with Gasteiger partial charge in [0.05, 0.1) is 0 Å². The minimum Gasteiger partial charge on any atom is -0.490 e. The van der Waals surface area contributed by atoms with E-state index in [1.165, 1.54) is 0 Å². The third-order valence-electron chi connectivity index (χ3n) is 3.52. The van der Waals surface area contributed by atoms with Crippen LogP contribution in [-0.2, 0) is 0 Å². The van der Waals surface area contributed by atoms with Crippen LogP contribution < -0.4 is 9.47 Å². The SMILES string of the molecule is O=C(c1ccccc1)c1ccc(OCCOc2ccccc2)cc1. The molecule has 0 atom stereocenters. The standard InChI is InChI=1S/C21H18O3/c22-21(17-7-3-1-4-8-17)18-11-13-20(14-12-18)24-16-15-23-19-9-5-2-6-10-19/h1-14H,15-16H2. The highest BCUT2D eigenvalue weighted by molar-refractivity contribution is 6.08. The number of ketones is 1. The fourth-order valence-corrected chi connectivity index (χ4v) is 2.29. The van der Waals surface area contributed by atoms with E-state index in [0.717, 1.165) is 11.5 Å². The van der Waals surface area contributed by atoms with Gasteiger partial charge in [-0.25, -0.2) is 0 Å². The minimum absolute atomic E-state index is 0.00885. The van der Waals surface area contributed by atoms with Gasteiger partial charge in [-0.3, -0.25) is 4.79 Å². The summed E-state index contributed by atoms with van der Waals surface area (Å²) < 4.78 is 11.2. The maximum atomic E-state index is 12.3. The highest BCUT2D eigenvalue weighted by atomic mass is 16.5. The highest BCUT2D eigenvalue weighted by Crippen LogP contribution is 2.15. The van der Waals surface area contributed by atoms with Crippen molar-refractivity contribution in [1.82, 2.24) is 0 Å². The predicted octanol–water partition coefficient (Wildman–Crippen LogP) is 4.38. The van der Waals surface area contributed by atoms with Crippen LogP contribution in [0, 0.1) is 0 Å². The second kappa shape index (κ2) is 7.97. The van der Waals surface area contributed by atoms with E-state index in [4.69, 9.17) is 9.47 Å². The molecule has 0 N–H and O–H groups in total. The molecule has 0 aliphatic rings. The summed E-state index contributed by atoms with van der Waals surface area (Å²) in [4.78, 5) is 12.3. The molecule has 3 heteroatoms. The molecule has 0 aliphatic heterocycles. The molecule has 0 saturated carbocycles. The number of carbonyl (C=O) groups excluding carboxylic acids is 1. The van der Waals surface area contributed by atoms with Crippen LogP contribution in [0.3, 0.4) is 0 Å². The Kier molecular flexibility index (Phi) is 5.25. The zero-order valence-corrected chi connectivity index (χ0v) is 13.2. The van der Waals surface area contributed by atoms with Crippen molar-refractivity contribution in [2.75, 3.05) is 13.2 Å². The number of carbonyl (C=O) groups is 1. The van der Waals surface area contributed by atoms with Gasteiger partial charge in [0, 0.05) is 11.1 Å². The van der Waals surface area contributed by atoms with Gasteiger partial charge >= 0.3 is 0 Å². The van der Waals surface area contributed by atoms with E-state index >= 15 is 0 Å². The van der Waals surface area contributed by atoms with E-state index in [0.29, 0.717) is 24.3 Å². The van der Waals surface area contributed by atoms with E-state index in [9.17, 15) is 4.79 Å². The van der Waals surface area contributed by atoms with Crippen molar-refractivity contribution in [3.8, 4) is 11.5 Å².